The highest BCUT2D eigenvalue weighted by molar-refractivity contribution is 6.31. The monoisotopic (exact) mass is 188 g/mol. The number of hydrogen-bond donors (Lipinski definition) is 0. The molecule has 0 saturated heterocycles. The molecule has 3 nitrogen and oxygen atoms in total. The van der Waals surface area contributed by atoms with Gasteiger partial charge in [-0.25, -0.2) is 0 Å². The third-order valence-corrected chi connectivity index (χ3v) is 1.88. The molecule has 0 unspecified atom stereocenters. The molecule has 0 radical (unpaired) electrons. The maximum absolute atomic E-state index is 5.94. The van der Waals surface area contributed by atoms with E-state index in [1.165, 1.54) is 0 Å². The molecular weight excluding hydrogens is 176 g/mol. The van der Waals surface area contributed by atoms with Crippen molar-refractivity contribution in [1.82, 2.24) is 9.78 Å². The first-order valence-electron chi connectivity index (χ1n) is 3.90. The first-order chi connectivity index (χ1) is 5.65. The van der Waals surface area contributed by atoms with Crippen LogP contribution in [0.5, 0.6) is 5.75 Å². The van der Waals surface area contributed by atoms with Gasteiger partial charge in [0.2, 0.25) is 0 Å². The Labute approximate surface area is 77.3 Å². The van der Waals surface area contributed by atoms with E-state index >= 15 is 0 Å². The minimum absolute atomic E-state index is 0.534. The number of rotatable bonds is 3. The fraction of sp³-hybridized carbons (Fsp3) is 0.625. The van der Waals surface area contributed by atoms with Crippen LogP contribution in [0, 0.1) is 5.92 Å². The van der Waals surface area contributed by atoms with E-state index in [2.05, 4.69) is 18.9 Å². The van der Waals surface area contributed by atoms with Crippen LogP contribution >= 0.6 is 11.6 Å². The largest absolute Gasteiger partial charge is 0.492 e. The van der Waals surface area contributed by atoms with Crippen LogP contribution in [0.25, 0.3) is 0 Å². The van der Waals surface area contributed by atoms with Crippen molar-refractivity contribution in [3.05, 3.63) is 11.3 Å². The molecule has 0 bridgehead atoms. The Balaban J connectivity index is 2.80. The second kappa shape index (κ2) is 3.81. The lowest BCUT2D eigenvalue weighted by atomic mass is 10.2. The first-order valence-corrected chi connectivity index (χ1v) is 4.28. The summed E-state index contributed by atoms with van der Waals surface area (Å²) in [5, 5.41) is 4.66. The molecule has 12 heavy (non-hydrogen) atoms. The number of hydrogen-bond acceptors (Lipinski definition) is 2. The third-order valence-electron chi connectivity index (χ3n) is 1.50. The Morgan fingerprint density at radius 3 is 2.75 bits per heavy atom. The van der Waals surface area contributed by atoms with Crippen molar-refractivity contribution in [2.45, 2.75) is 20.4 Å². The van der Waals surface area contributed by atoms with Gasteiger partial charge in [0, 0.05) is 6.54 Å². The lowest BCUT2D eigenvalue weighted by Crippen LogP contribution is -2.05. The van der Waals surface area contributed by atoms with Crippen molar-refractivity contribution in [1.29, 1.82) is 0 Å². The van der Waals surface area contributed by atoms with Gasteiger partial charge in [-0.3, -0.25) is 4.68 Å². The molecule has 0 aliphatic heterocycles. The maximum Gasteiger partial charge on any atom is 0.175 e. The number of methoxy groups -OCH3 is 1. The van der Waals surface area contributed by atoms with E-state index in [1.54, 1.807) is 18.0 Å². The number of aromatic nitrogens is 2. The highest BCUT2D eigenvalue weighted by Gasteiger charge is 2.08. The lowest BCUT2D eigenvalue weighted by Gasteiger charge is -2.05. The van der Waals surface area contributed by atoms with Gasteiger partial charge in [0.1, 0.15) is 0 Å². The van der Waals surface area contributed by atoms with Crippen molar-refractivity contribution < 1.29 is 4.74 Å². The Morgan fingerprint density at radius 1 is 1.67 bits per heavy atom. The van der Waals surface area contributed by atoms with Crippen LogP contribution in [-0.4, -0.2) is 16.9 Å². The van der Waals surface area contributed by atoms with Crippen LogP contribution < -0.4 is 4.74 Å². The summed E-state index contributed by atoms with van der Waals surface area (Å²) >= 11 is 5.94. The summed E-state index contributed by atoms with van der Waals surface area (Å²) < 4.78 is 6.73. The minimum atomic E-state index is 0.534. The number of halogens is 1. The molecule has 68 valence electrons. The molecular formula is C8H13ClN2O. The quantitative estimate of drug-likeness (QED) is 0.727. The van der Waals surface area contributed by atoms with Crippen molar-refractivity contribution >= 4 is 11.6 Å². The van der Waals surface area contributed by atoms with Crippen LogP contribution in [0.3, 0.4) is 0 Å². The second-order valence-electron chi connectivity index (χ2n) is 3.08. The summed E-state index contributed by atoms with van der Waals surface area (Å²) in [6, 6.07) is 0. The minimum Gasteiger partial charge on any atom is -0.492 e. The van der Waals surface area contributed by atoms with Gasteiger partial charge in [-0.15, -0.1) is 0 Å². The van der Waals surface area contributed by atoms with E-state index in [1.807, 2.05) is 0 Å². The van der Waals surface area contributed by atoms with E-state index in [0.29, 0.717) is 16.8 Å². The standard InChI is InChI=1S/C8H13ClN2O/c1-6(2)5-11-8(9)7(12-3)4-10-11/h4,6H,5H2,1-3H3. The molecule has 4 heteroatoms. The molecule has 0 aliphatic carbocycles. The molecule has 0 atom stereocenters. The predicted molar refractivity (Wildman–Crippen MR) is 48.6 cm³/mol. The molecule has 0 N–H and O–H groups in total. The lowest BCUT2D eigenvalue weighted by molar-refractivity contribution is 0.412. The fourth-order valence-corrected chi connectivity index (χ4v) is 1.20. The van der Waals surface area contributed by atoms with Gasteiger partial charge in [0.15, 0.2) is 10.9 Å². The summed E-state index contributed by atoms with van der Waals surface area (Å²) in [5.41, 5.74) is 0. The topological polar surface area (TPSA) is 27.1 Å². The average molecular weight is 189 g/mol. The van der Waals surface area contributed by atoms with E-state index in [4.69, 9.17) is 16.3 Å². The van der Waals surface area contributed by atoms with Crippen LogP contribution in [0.15, 0.2) is 6.20 Å². The van der Waals surface area contributed by atoms with Gasteiger partial charge in [-0.1, -0.05) is 25.4 Å². The summed E-state index contributed by atoms with van der Waals surface area (Å²) in [7, 11) is 1.59. The zero-order valence-corrected chi connectivity index (χ0v) is 8.30. The Hall–Kier alpha value is -0.700. The zero-order chi connectivity index (χ0) is 9.14. The molecule has 1 heterocycles. The third kappa shape index (κ3) is 1.91. The highest BCUT2D eigenvalue weighted by Crippen LogP contribution is 2.23. The van der Waals surface area contributed by atoms with Gasteiger partial charge in [-0.05, 0) is 5.92 Å². The van der Waals surface area contributed by atoms with Gasteiger partial charge in [-0.2, -0.15) is 5.10 Å². The predicted octanol–water partition coefficient (Wildman–Crippen LogP) is 2.20. The van der Waals surface area contributed by atoms with Crippen LogP contribution in [-0.2, 0) is 6.54 Å². The molecule has 1 aromatic heterocycles. The van der Waals surface area contributed by atoms with Gasteiger partial charge in [0.25, 0.3) is 0 Å². The van der Waals surface area contributed by atoms with Gasteiger partial charge < -0.3 is 4.74 Å². The molecule has 0 saturated carbocycles. The smallest absolute Gasteiger partial charge is 0.175 e. The summed E-state index contributed by atoms with van der Waals surface area (Å²) in [6.45, 7) is 5.05. The van der Waals surface area contributed by atoms with Gasteiger partial charge in [0.05, 0.1) is 13.3 Å². The molecule has 0 aliphatic rings. The second-order valence-corrected chi connectivity index (χ2v) is 3.44. The molecule has 1 rings (SSSR count). The van der Waals surface area contributed by atoms with Gasteiger partial charge >= 0.3 is 0 Å². The molecule has 0 amide bonds. The van der Waals surface area contributed by atoms with Crippen LogP contribution in [0.4, 0.5) is 0 Å². The molecule has 0 aromatic carbocycles. The van der Waals surface area contributed by atoms with Crippen molar-refractivity contribution in [3.63, 3.8) is 0 Å². The number of nitrogens with zero attached hydrogens (tertiary/aromatic N) is 2. The average Bonchev–Trinajstić information content (AvgIpc) is 2.32. The van der Waals surface area contributed by atoms with Crippen molar-refractivity contribution in [2.75, 3.05) is 7.11 Å². The van der Waals surface area contributed by atoms with Crippen molar-refractivity contribution in [2.24, 2.45) is 5.92 Å². The fourth-order valence-electron chi connectivity index (χ4n) is 0.963. The molecule has 0 spiro atoms. The van der Waals surface area contributed by atoms with E-state index in [-0.39, 0.29) is 0 Å². The van der Waals surface area contributed by atoms with Crippen molar-refractivity contribution in [3.8, 4) is 5.75 Å². The van der Waals surface area contributed by atoms with Crippen LogP contribution in [0.2, 0.25) is 5.15 Å². The Kier molecular flexibility index (Phi) is 2.98. The van der Waals surface area contributed by atoms with E-state index in [9.17, 15) is 0 Å². The molecule has 0 fully saturated rings. The summed E-state index contributed by atoms with van der Waals surface area (Å²) in [4.78, 5) is 0. The summed E-state index contributed by atoms with van der Waals surface area (Å²) in [5.74, 6) is 1.17. The van der Waals surface area contributed by atoms with E-state index < -0.39 is 0 Å². The normalized spacial score (nSPS) is 10.8. The number of ether oxygens (including phenoxy) is 1. The molecule has 1 aromatic rings. The maximum atomic E-state index is 5.94. The first kappa shape index (κ1) is 9.39. The van der Waals surface area contributed by atoms with E-state index in [0.717, 1.165) is 6.54 Å². The SMILES string of the molecule is COc1cnn(CC(C)C)c1Cl. The summed E-state index contributed by atoms with van der Waals surface area (Å²) in [6.07, 6.45) is 1.63. The zero-order valence-electron chi connectivity index (χ0n) is 7.54. The van der Waals surface area contributed by atoms with Crippen LogP contribution in [0.1, 0.15) is 13.8 Å². The highest BCUT2D eigenvalue weighted by atomic mass is 35.5. The Morgan fingerprint density at radius 2 is 2.33 bits per heavy atom. The Bertz CT molecular complexity index is 258.